The van der Waals surface area contributed by atoms with Crippen LogP contribution in [0.5, 0.6) is 0 Å². The first-order valence-electron chi connectivity index (χ1n) is 3.88. The molecule has 5 nitrogen and oxygen atoms in total. The molecule has 6 heteroatoms. The normalized spacial score (nSPS) is 16.1. The fourth-order valence-corrected chi connectivity index (χ4v) is 1.21. The number of rotatable bonds is 1. The number of thioether (sulfide) groups is 1. The summed E-state index contributed by atoms with van der Waals surface area (Å²) in [5, 5.41) is 5.29. The van der Waals surface area contributed by atoms with Crippen molar-refractivity contribution in [2.75, 3.05) is 5.88 Å². The summed E-state index contributed by atoms with van der Waals surface area (Å²) < 4.78 is 5.02. The molecular formula is C7H13N3O2S. The number of ether oxygens (including phenoxy) is 1. The molecule has 13 heavy (non-hydrogen) atoms. The van der Waals surface area contributed by atoms with Gasteiger partial charge in [-0.15, -0.1) is 0 Å². The van der Waals surface area contributed by atoms with Gasteiger partial charge in [0.05, 0.1) is 5.55 Å². The predicted octanol–water partition coefficient (Wildman–Crippen LogP) is 1.38. The third-order valence-electron chi connectivity index (χ3n) is 1.08. The molecule has 0 aromatic rings. The molecule has 1 aliphatic rings. The van der Waals surface area contributed by atoms with Gasteiger partial charge in [-0.2, -0.15) is 10.2 Å². The topological polar surface area (TPSA) is 53.9 Å². The lowest BCUT2D eigenvalue weighted by Crippen LogP contribution is -2.40. The van der Waals surface area contributed by atoms with Crippen molar-refractivity contribution < 1.29 is 9.53 Å². The predicted molar refractivity (Wildman–Crippen MR) is 52.2 cm³/mol. The largest absolute Gasteiger partial charge is 0.443 e. The molecule has 1 aliphatic heterocycles. The molecule has 0 bridgehead atoms. The van der Waals surface area contributed by atoms with Gasteiger partial charge in [0.15, 0.2) is 0 Å². The Morgan fingerprint density at radius 3 is 2.85 bits per heavy atom. The Hall–Kier alpha value is -0.910. The minimum absolute atomic E-state index is 0.472. The number of hydrazine groups is 1. The van der Waals surface area contributed by atoms with Crippen LogP contribution in [0, 0.1) is 0 Å². The van der Waals surface area contributed by atoms with E-state index < -0.39 is 11.7 Å². The minimum Gasteiger partial charge on any atom is -0.443 e. The van der Waals surface area contributed by atoms with Gasteiger partial charge in [0.2, 0.25) is 0 Å². The van der Waals surface area contributed by atoms with Crippen molar-refractivity contribution in [3.8, 4) is 0 Å². The minimum atomic E-state index is -0.479. The quantitative estimate of drug-likeness (QED) is 0.699. The molecule has 0 aliphatic carbocycles. The Labute approximate surface area is 81.5 Å². The van der Waals surface area contributed by atoms with Crippen molar-refractivity contribution in [2.24, 2.45) is 5.10 Å². The van der Waals surface area contributed by atoms with Gasteiger partial charge in [-0.25, -0.2) is 10.2 Å². The molecule has 1 heterocycles. The van der Waals surface area contributed by atoms with Crippen LogP contribution >= 0.6 is 11.8 Å². The number of hydrogen-bond acceptors (Lipinski definition) is 5. The number of carbonyl (C=O) groups is 1. The lowest BCUT2D eigenvalue weighted by molar-refractivity contribution is 0.0368. The molecule has 0 unspecified atom stereocenters. The first-order chi connectivity index (χ1) is 5.97. The molecule has 0 saturated heterocycles. The summed E-state index contributed by atoms with van der Waals surface area (Å²) in [4.78, 5) is 11.2. The lowest BCUT2D eigenvalue weighted by Gasteiger charge is -2.21. The fourth-order valence-electron chi connectivity index (χ4n) is 0.695. The first kappa shape index (κ1) is 10.2. The maximum Gasteiger partial charge on any atom is 0.427 e. The van der Waals surface area contributed by atoms with Crippen LogP contribution in [0.15, 0.2) is 5.10 Å². The second kappa shape index (κ2) is 3.87. The van der Waals surface area contributed by atoms with Crippen molar-refractivity contribution in [3.63, 3.8) is 0 Å². The fraction of sp³-hybridized carbons (Fsp3) is 0.714. The molecule has 0 saturated carbocycles. The molecule has 0 radical (unpaired) electrons. The zero-order valence-corrected chi connectivity index (χ0v) is 8.72. The number of nitrogens with zero attached hydrogens (tertiary/aromatic N) is 2. The molecule has 0 aromatic carbocycles. The average Bonchev–Trinajstić information content (AvgIpc) is 2.34. The summed E-state index contributed by atoms with van der Waals surface area (Å²) in [5.41, 5.74) is 3.68. The Morgan fingerprint density at radius 1 is 1.69 bits per heavy atom. The van der Waals surface area contributed by atoms with Crippen molar-refractivity contribution >= 4 is 23.4 Å². The molecule has 0 aromatic heterocycles. The zero-order valence-electron chi connectivity index (χ0n) is 7.90. The van der Waals surface area contributed by atoms with Gasteiger partial charge in [0.1, 0.15) is 11.5 Å². The lowest BCUT2D eigenvalue weighted by atomic mass is 10.2. The van der Waals surface area contributed by atoms with Crippen LogP contribution in [-0.4, -0.2) is 28.2 Å². The van der Waals surface area contributed by atoms with Crippen molar-refractivity contribution in [3.05, 3.63) is 0 Å². The second-order valence-corrected chi connectivity index (χ2v) is 4.33. The van der Waals surface area contributed by atoms with Gasteiger partial charge in [-0.3, -0.25) is 0 Å². The third kappa shape index (κ3) is 4.02. The van der Waals surface area contributed by atoms with Gasteiger partial charge in [-0.05, 0) is 20.8 Å². The van der Waals surface area contributed by atoms with Gasteiger partial charge in [0, 0.05) is 0 Å². The van der Waals surface area contributed by atoms with E-state index in [2.05, 4.69) is 10.5 Å². The van der Waals surface area contributed by atoms with E-state index in [0.717, 1.165) is 0 Å². The van der Waals surface area contributed by atoms with Crippen LogP contribution in [-0.2, 0) is 4.74 Å². The summed E-state index contributed by atoms with van der Waals surface area (Å²) in [6.45, 7) is 5.44. The number of hydrazone groups is 1. The standard InChI is InChI=1S/C7H13N3O2S/c1-7(2,3)12-6(11)9-10-5-13-4-8-10/h4H,5H2,1-3H3,(H,9,11). The summed E-state index contributed by atoms with van der Waals surface area (Å²) in [5.74, 6) is 0.624. The van der Waals surface area contributed by atoms with Crippen LogP contribution < -0.4 is 5.43 Å². The second-order valence-electron chi connectivity index (χ2n) is 3.53. The number of carbonyl (C=O) groups excluding carboxylic acids is 1. The number of hydrogen-bond donors (Lipinski definition) is 1. The van der Waals surface area contributed by atoms with Crippen molar-refractivity contribution in [1.82, 2.24) is 10.5 Å². The maximum absolute atomic E-state index is 11.2. The third-order valence-corrected chi connectivity index (χ3v) is 1.71. The molecule has 74 valence electrons. The molecule has 1 rings (SSSR count). The van der Waals surface area contributed by atoms with Crippen molar-refractivity contribution in [2.45, 2.75) is 26.4 Å². The molecule has 1 amide bonds. The van der Waals surface area contributed by atoms with Crippen LogP contribution in [0.1, 0.15) is 20.8 Å². The van der Waals surface area contributed by atoms with Crippen molar-refractivity contribution in [1.29, 1.82) is 0 Å². The smallest absolute Gasteiger partial charge is 0.427 e. The van der Waals surface area contributed by atoms with E-state index in [1.807, 2.05) is 20.8 Å². The van der Waals surface area contributed by atoms with Crippen LogP contribution in [0.2, 0.25) is 0 Å². The van der Waals surface area contributed by atoms with E-state index in [9.17, 15) is 4.79 Å². The average molecular weight is 203 g/mol. The SMILES string of the molecule is CC(C)(C)OC(=O)NN1CSC=N1. The highest BCUT2D eigenvalue weighted by Gasteiger charge is 2.18. The van der Waals surface area contributed by atoms with E-state index in [1.54, 1.807) is 5.55 Å². The summed E-state index contributed by atoms with van der Waals surface area (Å²) in [6, 6.07) is 0. The summed E-state index contributed by atoms with van der Waals surface area (Å²) in [7, 11) is 0. The molecule has 0 fully saturated rings. The first-order valence-corrected chi connectivity index (χ1v) is 4.93. The highest BCUT2D eigenvalue weighted by molar-refractivity contribution is 8.12. The van der Waals surface area contributed by atoms with Gasteiger partial charge >= 0.3 is 6.09 Å². The Morgan fingerprint density at radius 2 is 2.38 bits per heavy atom. The Kier molecular flexibility index (Phi) is 3.02. The summed E-state index contributed by atoms with van der Waals surface area (Å²) in [6.07, 6.45) is -0.479. The van der Waals surface area contributed by atoms with Gasteiger partial charge in [-0.1, -0.05) is 11.8 Å². The number of nitrogens with one attached hydrogen (secondary N) is 1. The number of amides is 1. The van der Waals surface area contributed by atoms with E-state index in [0.29, 0.717) is 5.88 Å². The Balaban J connectivity index is 2.29. The zero-order chi connectivity index (χ0) is 9.90. The maximum atomic E-state index is 11.2. The highest BCUT2D eigenvalue weighted by Crippen LogP contribution is 2.09. The van der Waals surface area contributed by atoms with Crippen LogP contribution in [0.3, 0.4) is 0 Å². The van der Waals surface area contributed by atoms with Gasteiger partial charge < -0.3 is 4.74 Å². The Bertz CT molecular complexity index is 224. The van der Waals surface area contributed by atoms with Gasteiger partial charge in [0.25, 0.3) is 0 Å². The molecule has 0 spiro atoms. The molecule has 0 atom stereocenters. The molecule has 1 N–H and O–H groups in total. The van der Waals surface area contributed by atoms with Crippen LogP contribution in [0.25, 0.3) is 0 Å². The highest BCUT2D eigenvalue weighted by atomic mass is 32.2. The summed E-state index contributed by atoms with van der Waals surface area (Å²) >= 11 is 1.51. The van der Waals surface area contributed by atoms with E-state index in [1.165, 1.54) is 16.9 Å². The monoisotopic (exact) mass is 203 g/mol. The van der Waals surface area contributed by atoms with E-state index in [4.69, 9.17) is 4.74 Å². The van der Waals surface area contributed by atoms with E-state index in [-0.39, 0.29) is 0 Å². The van der Waals surface area contributed by atoms with Crippen LogP contribution in [0.4, 0.5) is 4.79 Å². The van der Waals surface area contributed by atoms with E-state index >= 15 is 0 Å². The molecular weight excluding hydrogens is 190 g/mol.